The van der Waals surface area contributed by atoms with E-state index in [1.54, 1.807) is 6.08 Å². The van der Waals surface area contributed by atoms with E-state index in [9.17, 15) is 10.1 Å². The summed E-state index contributed by atoms with van der Waals surface area (Å²) in [6, 6.07) is 11.6. The number of hydrogen-bond acceptors (Lipinski definition) is 3. The lowest BCUT2D eigenvalue weighted by Crippen LogP contribution is -2.24. The molecule has 27 heavy (non-hydrogen) atoms. The topological polar surface area (TPSA) is 67.0 Å². The van der Waals surface area contributed by atoms with E-state index in [0.29, 0.717) is 13.2 Å². The van der Waals surface area contributed by atoms with Gasteiger partial charge in [0.05, 0.1) is 6.61 Å². The largest absolute Gasteiger partial charge is 0.494 e. The Bertz CT molecular complexity index is 872. The van der Waals surface area contributed by atoms with Gasteiger partial charge in [-0.2, -0.15) is 5.26 Å². The number of aryl methyl sites for hydroxylation is 1. The van der Waals surface area contributed by atoms with E-state index in [-0.39, 0.29) is 11.5 Å². The number of benzene rings is 1. The summed E-state index contributed by atoms with van der Waals surface area (Å²) in [5, 5.41) is 12.2. The van der Waals surface area contributed by atoms with Crippen molar-refractivity contribution < 1.29 is 9.53 Å². The molecule has 1 heterocycles. The van der Waals surface area contributed by atoms with Gasteiger partial charge in [-0.15, -0.1) is 0 Å². The smallest absolute Gasteiger partial charge is 0.262 e. The molecule has 2 rings (SSSR count). The Hall–Kier alpha value is -3.00. The lowest BCUT2D eigenvalue weighted by atomic mass is 10.1. The molecule has 5 heteroatoms. The fraction of sp³-hybridized carbons (Fsp3) is 0.364. The van der Waals surface area contributed by atoms with Crippen molar-refractivity contribution in [3.63, 3.8) is 0 Å². The van der Waals surface area contributed by atoms with E-state index in [1.165, 1.54) is 0 Å². The van der Waals surface area contributed by atoms with Gasteiger partial charge in [0.15, 0.2) is 0 Å². The molecule has 0 aliphatic rings. The van der Waals surface area contributed by atoms with Gasteiger partial charge < -0.3 is 14.6 Å². The number of carbonyl (C=O) groups is 1. The van der Waals surface area contributed by atoms with Crippen LogP contribution in [0.1, 0.15) is 42.8 Å². The molecule has 1 amide bonds. The molecule has 1 aromatic heterocycles. The monoisotopic (exact) mass is 365 g/mol. The first-order valence-electron chi connectivity index (χ1n) is 9.28. The van der Waals surface area contributed by atoms with Crippen LogP contribution in [0, 0.1) is 25.2 Å². The van der Waals surface area contributed by atoms with Crippen molar-refractivity contribution in [3.8, 4) is 11.8 Å². The minimum Gasteiger partial charge on any atom is -0.494 e. The zero-order chi connectivity index (χ0) is 19.8. The van der Waals surface area contributed by atoms with E-state index in [2.05, 4.69) is 16.8 Å². The van der Waals surface area contributed by atoms with Crippen LogP contribution in [0.4, 0.5) is 0 Å². The zero-order valence-corrected chi connectivity index (χ0v) is 16.5. The number of nitrogens with one attached hydrogen (secondary N) is 1. The van der Waals surface area contributed by atoms with Crippen molar-refractivity contribution >= 4 is 12.0 Å². The summed E-state index contributed by atoms with van der Waals surface area (Å²) in [4.78, 5) is 12.5. The van der Waals surface area contributed by atoms with E-state index in [1.807, 2.05) is 57.2 Å². The van der Waals surface area contributed by atoms with Gasteiger partial charge in [-0.1, -0.05) is 19.1 Å². The first-order chi connectivity index (χ1) is 13.0. The lowest BCUT2D eigenvalue weighted by molar-refractivity contribution is -0.117. The standard InChI is InChI=1S/C22H27N3O2/c1-5-10-25-16(3)11-19(17(25)4)13-20(14-23)22(26)24-15-18-8-7-9-21(12-18)27-6-2/h7-9,11-13H,5-6,10,15H2,1-4H3,(H,24,26). The van der Waals surface area contributed by atoms with Gasteiger partial charge in [0.2, 0.25) is 0 Å². The molecule has 0 atom stereocenters. The van der Waals surface area contributed by atoms with Crippen molar-refractivity contribution in [2.75, 3.05) is 6.61 Å². The van der Waals surface area contributed by atoms with Gasteiger partial charge >= 0.3 is 0 Å². The number of carbonyl (C=O) groups excluding carboxylic acids is 1. The third-order valence-electron chi connectivity index (χ3n) is 4.39. The molecule has 0 aliphatic heterocycles. The van der Waals surface area contributed by atoms with Gasteiger partial charge in [0.1, 0.15) is 17.4 Å². The van der Waals surface area contributed by atoms with Crippen molar-refractivity contribution in [2.45, 2.75) is 47.2 Å². The molecule has 0 saturated carbocycles. The minimum absolute atomic E-state index is 0.104. The van der Waals surface area contributed by atoms with Crippen LogP contribution in [-0.4, -0.2) is 17.1 Å². The maximum atomic E-state index is 12.5. The highest BCUT2D eigenvalue weighted by molar-refractivity contribution is 6.01. The van der Waals surface area contributed by atoms with Crippen LogP contribution >= 0.6 is 0 Å². The number of hydrogen-bond donors (Lipinski definition) is 1. The second kappa shape index (κ2) is 9.63. The lowest BCUT2D eigenvalue weighted by Gasteiger charge is -2.08. The van der Waals surface area contributed by atoms with Crippen molar-refractivity contribution in [1.29, 1.82) is 5.26 Å². The van der Waals surface area contributed by atoms with Crippen LogP contribution in [0.25, 0.3) is 6.08 Å². The molecule has 1 N–H and O–H groups in total. The predicted octanol–water partition coefficient (Wildman–Crippen LogP) is 4.14. The highest BCUT2D eigenvalue weighted by atomic mass is 16.5. The molecule has 0 bridgehead atoms. The van der Waals surface area contributed by atoms with Crippen molar-refractivity contribution in [3.05, 3.63) is 58.4 Å². The molecule has 0 unspecified atom stereocenters. The van der Waals surface area contributed by atoms with Crippen LogP contribution in [-0.2, 0) is 17.9 Å². The number of aromatic nitrogens is 1. The Kier molecular flexibility index (Phi) is 7.25. The average Bonchev–Trinajstić information content (AvgIpc) is 2.92. The highest BCUT2D eigenvalue weighted by Gasteiger charge is 2.12. The van der Waals surface area contributed by atoms with Crippen LogP contribution in [0.15, 0.2) is 35.9 Å². The fourth-order valence-electron chi connectivity index (χ4n) is 3.04. The van der Waals surface area contributed by atoms with Crippen molar-refractivity contribution in [2.24, 2.45) is 0 Å². The molecule has 5 nitrogen and oxygen atoms in total. The molecule has 0 aliphatic carbocycles. The number of amides is 1. The molecule has 0 fully saturated rings. The molecular weight excluding hydrogens is 338 g/mol. The summed E-state index contributed by atoms with van der Waals surface area (Å²) in [7, 11) is 0. The summed E-state index contributed by atoms with van der Waals surface area (Å²) >= 11 is 0. The Morgan fingerprint density at radius 3 is 2.74 bits per heavy atom. The molecule has 0 spiro atoms. The third-order valence-corrected chi connectivity index (χ3v) is 4.39. The number of rotatable bonds is 8. The number of nitriles is 1. The van der Waals surface area contributed by atoms with E-state index in [4.69, 9.17) is 4.74 Å². The van der Waals surface area contributed by atoms with Gasteiger partial charge in [0.25, 0.3) is 5.91 Å². The summed E-state index contributed by atoms with van der Waals surface area (Å²) < 4.78 is 7.68. The molecule has 0 saturated heterocycles. The van der Waals surface area contributed by atoms with Gasteiger partial charge in [-0.05, 0) is 62.6 Å². The predicted molar refractivity (Wildman–Crippen MR) is 107 cm³/mol. The first kappa shape index (κ1) is 20.3. The Morgan fingerprint density at radius 1 is 1.30 bits per heavy atom. The third kappa shape index (κ3) is 5.24. The summed E-state index contributed by atoms with van der Waals surface area (Å²) in [5.41, 5.74) is 4.14. The van der Waals surface area contributed by atoms with Crippen LogP contribution in [0.2, 0.25) is 0 Å². The van der Waals surface area contributed by atoms with E-state index >= 15 is 0 Å². The molecule has 1 aromatic carbocycles. The summed E-state index contributed by atoms with van der Waals surface area (Å²) in [6.07, 6.45) is 2.70. The number of nitrogens with zero attached hydrogens (tertiary/aromatic N) is 2. The highest BCUT2D eigenvalue weighted by Crippen LogP contribution is 2.19. The fourth-order valence-corrected chi connectivity index (χ4v) is 3.04. The Labute approximate surface area is 161 Å². The van der Waals surface area contributed by atoms with E-state index in [0.717, 1.165) is 41.2 Å². The quantitative estimate of drug-likeness (QED) is 0.565. The summed E-state index contributed by atoms with van der Waals surface area (Å²) in [5.74, 6) is 0.392. The van der Waals surface area contributed by atoms with E-state index < -0.39 is 0 Å². The Morgan fingerprint density at radius 2 is 2.07 bits per heavy atom. The van der Waals surface area contributed by atoms with Crippen LogP contribution in [0.5, 0.6) is 5.75 Å². The van der Waals surface area contributed by atoms with Gasteiger partial charge in [-0.25, -0.2) is 0 Å². The van der Waals surface area contributed by atoms with Crippen LogP contribution in [0.3, 0.4) is 0 Å². The summed E-state index contributed by atoms with van der Waals surface area (Å²) in [6.45, 7) is 9.97. The SMILES string of the molecule is CCCn1c(C)cc(C=C(C#N)C(=O)NCc2cccc(OCC)c2)c1C. The minimum atomic E-state index is -0.375. The second-order valence-corrected chi connectivity index (χ2v) is 6.41. The molecule has 0 radical (unpaired) electrons. The van der Waals surface area contributed by atoms with Crippen LogP contribution < -0.4 is 10.1 Å². The second-order valence-electron chi connectivity index (χ2n) is 6.41. The molecule has 142 valence electrons. The first-order valence-corrected chi connectivity index (χ1v) is 9.28. The average molecular weight is 365 g/mol. The van der Waals surface area contributed by atoms with Crippen molar-refractivity contribution in [1.82, 2.24) is 9.88 Å². The normalized spacial score (nSPS) is 11.1. The number of ether oxygens (including phenoxy) is 1. The maximum absolute atomic E-state index is 12.5. The molecule has 2 aromatic rings. The van der Waals surface area contributed by atoms with Gasteiger partial charge in [0, 0.05) is 24.5 Å². The maximum Gasteiger partial charge on any atom is 0.262 e. The Balaban J connectivity index is 2.12. The molecular formula is C22H27N3O2. The van der Waals surface area contributed by atoms with Gasteiger partial charge in [-0.3, -0.25) is 4.79 Å². The zero-order valence-electron chi connectivity index (χ0n) is 16.5.